The third-order valence-electron chi connectivity index (χ3n) is 1.70. The molecule has 4 nitrogen and oxygen atoms in total. The van der Waals surface area contributed by atoms with Crippen LogP contribution >= 0.6 is 0 Å². The van der Waals surface area contributed by atoms with Crippen LogP contribution in [0.25, 0.3) is 0 Å². The number of carboxylic acid groups (broad SMARTS) is 1. The normalized spacial score (nSPS) is 11.2. The predicted molar refractivity (Wildman–Crippen MR) is 56.3 cm³/mol. The fourth-order valence-electron chi connectivity index (χ4n) is 1.13. The van der Waals surface area contributed by atoms with E-state index in [0.29, 0.717) is 11.6 Å². The van der Waals surface area contributed by atoms with E-state index in [1.54, 1.807) is 13.0 Å². The minimum Gasteiger partial charge on any atom is -0.478 e. The van der Waals surface area contributed by atoms with Gasteiger partial charge < -0.3 is 9.84 Å². The van der Waals surface area contributed by atoms with Gasteiger partial charge in [0.25, 0.3) is 0 Å². The van der Waals surface area contributed by atoms with Gasteiger partial charge in [-0.15, -0.1) is 0 Å². The number of carboxylic acids is 1. The molecule has 82 valence electrons. The Labute approximate surface area is 88.9 Å². The number of carbonyl (C=O) groups is 1. The Morgan fingerprint density at radius 3 is 2.40 bits per heavy atom. The molecule has 0 saturated carbocycles. The van der Waals surface area contributed by atoms with Crippen molar-refractivity contribution in [1.29, 1.82) is 0 Å². The summed E-state index contributed by atoms with van der Waals surface area (Å²) in [4.78, 5) is 14.8. The van der Waals surface area contributed by atoms with Crippen molar-refractivity contribution < 1.29 is 14.6 Å². The molecule has 0 spiro atoms. The van der Waals surface area contributed by atoms with Crippen LogP contribution in [0.5, 0.6) is 5.88 Å². The van der Waals surface area contributed by atoms with E-state index in [-0.39, 0.29) is 11.2 Å². The number of nitrogens with zero attached hydrogens (tertiary/aromatic N) is 1. The maximum atomic E-state index is 10.7. The summed E-state index contributed by atoms with van der Waals surface area (Å²) in [6, 6.07) is 3.08. The lowest BCUT2D eigenvalue weighted by molar-refractivity contribution is 0.0695. The average molecular weight is 209 g/mol. The van der Waals surface area contributed by atoms with Crippen LogP contribution in [-0.4, -0.2) is 21.7 Å². The molecule has 0 aliphatic rings. The van der Waals surface area contributed by atoms with Crippen molar-refractivity contribution in [3.63, 3.8) is 0 Å². The van der Waals surface area contributed by atoms with Crippen molar-refractivity contribution in [3.8, 4) is 5.88 Å². The van der Waals surface area contributed by atoms with Gasteiger partial charge in [0.15, 0.2) is 0 Å². The quantitative estimate of drug-likeness (QED) is 0.811. The third-order valence-corrected chi connectivity index (χ3v) is 1.70. The third kappa shape index (κ3) is 3.23. The van der Waals surface area contributed by atoms with Gasteiger partial charge in [-0.05, 0) is 33.8 Å². The second kappa shape index (κ2) is 3.88. The van der Waals surface area contributed by atoms with E-state index in [1.807, 2.05) is 20.8 Å². The summed E-state index contributed by atoms with van der Waals surface area (Å²) in [5.41, 5.74) is 0.338. The van der Waals surface area contributed by atoms with Gasteiger partial charge in [-0.3, -0.25) is 0 Å². The summed E-state index contributed by atoms with van der Waals surface area (Å²) in [5, 5.41) is 8.81. The molecule has 0 bridgehead atoms. The number of hydrogen-bond acceptors (Lipinski definition) is 3. The maximum Gasteiger partial charge on any atom is 0.337 e. The standard InChI is InChI=1S/C11H15NO3/c1-7-8(10(13)14)5-6-9(12-7)15-11(2,3)4/h5-6H,1-4H3,(H,13,14). The molecule has 1 aromatic rings. The Kier molecular flexibility index (Phi) is 2.98. The molecule has 0 atom stereocenters. The van der Waals surface area contributed by atoms with Crippen LogP contribution in [0.3, 0.4) is 0 Å². The Balaban J connectivity index is 2.97. The van der Waals surface area contributed by atoms with E-state index in [4.69, 9.17) is 9.84 Å². The fourth-order valence-corrected chi connectivity index (χ4v) is 1.13. The number of pyridine rings is 1. The van der Waals surface area contributed by atoms with Crippen molar-refractivity contribution >= 4 is 5.97 Å². The largest absolute Gasteiger partial charge is 0.478 e. The van der Waals surface area contributed by atoms with Gasteiger partial charge in [-0.1, -0.05) is 0 Å². The van der Waals surface area contributed by atoms with Gasteiger partial charge in [0, 0.05) is 6.07 Å². The molecule has 4 heteroatoms. The summed E-state index contributed by atoms with van der Waals surface area (Å²) >= 11 is 0. The highest BCUT2D eigenvalue weighted by Gasteiger charge is 2.14. The monoisotopic (exact) mass is 209 g/mol. The van der Waals surface area contributed by atoms with Crippen LogP contribution in [0.15, 0.2) is 12.1 Å². The van der Waals surface area contributed by atoms with E-state index in [2.05, 4.69) is 4.98 Å². The first-order valence-electron chi connectivity index (χ1n) is 4.69. The SMILES string of the molecule is Cc1nc(OC(C)(C)C)ccc1C(=O)O. The van der Waals surface area contributed by atoms with Crippen LogP contribution in [0, 0.1) is 6.92 Å². The second-order valence-corrected chi connectivity index (χ2v) is 4.30. The summed E-state index contributed by atoms with van der Waals surface area (Å²) < 4.78 is 5.51. The molecule has 0 aliphatic carbocycles. The van der Waals surface area contributed by atoms with Crippen LogP contribution in [0.1, 0.15) is 36.8 Å². The Morgan fingerprint density at radius 1 is 1.40 bits per heavy atom. The first kappa shape index (κ1) is 11.5. The van der Waals surface area contributed by atoms with Gasteiger partial charge in [-0.2, -0.15) is 0 Å². The van der Waals surface area contributed by atoms with Crippen molar-refractivity contribution in [3.05, 3.63) is 23.4 Å². The van der Waals surface area contributed by atoms with Gasteiger partial charge in [0.05, 0.1) is 11.3 Å². The summed E-state index contributed by atoms with van der Waals surface area (Å²) in [7, 11) is 0. The van der Waals surface area contributed by atoms with Crippen LogP contribution in [0.4, 0.5) is 0 Å². The average Bonchev–Trinajstić information content (AvgIpc) is 1.99. The number of hydrogen-bond donors (Lipinski definition) is 1. The molecule has 1 aromatic heterocycles. The van der Waals surface area contributed by atoms with E-state index in [1.165, 1.54) is 6.07 Å². The first-order valence-corrected chi connectivity index (χ1v) is 4.69. The molecule has 0 aromatic carbocycles. The fraction of sp³-hybridized carbons (Fsp3) is 0.455. The Morgan fingerprint density at radius 2 is 2.00 bits per heavy atom. The Bertz CT molecular complexity index is 380. The molecule has 1 N–H and O–H groups in total. The molecule has 1 heterocycles. The molecule has 15 heavy (non-hydrogen) atoms. The minimum atomic E-state index is -0.970. The zero-order valence-electron chi connectivity index (χ0n) is 9.37. The zero-order valence-corrected chi connectivity index (χ0v) is 9.37. The maximum absolute atomic E-state index is 10.7. The summed E-state index contributed by atoms with van der Waals surface area (Å²) in [6.07, 6.45) is 0. The number of ether oxygens (including phenoxy) is 1. The van der Waals surface area contributed by atoms with Crippen molar-refractivity contribution in [1.82, 2.24) is 4.98 Å². The van der Waals surface area contributed by atoms with Crippen LogP contribution in [0.2, 0.25) is 0 Å². The highest BCUT2D eigenvalue weighted by Crippen LogP contribution is 2.17. The van der Waals surface area contributed by atoms with Gasteiger partial charge in [0.2, 0.25) is 5.88 Å². The molecule has 1 rings (SSSR count). The van der Waals surface area contributed by atoms with Crippen molar-refractivity contribution in [2.75, 3.05) is 0 Å². The second-order valence-electron chi connectivity index (χ2n) is 4.30. The first-order chi connectivity index (χ1) is 6.79. The Hall–Kier alpha value is -1.58. The predicted octanol–water partition coefficient (Wildman–Crippen LogP) is 2.27. The molecule has 0 amide bonds. The molecular weight excluding hydrogens is 194 g/mol. The van der Waals surface area contributed by atoms with Crippen LogP contribution < -0.4 is 4.74 Å². The van der Waals surface area contributed by atoms with Gasteiger partial charge >= 0.3 is 5.97 Å². The van der Waals surface area contributed by atoms with Gasteiger partial charge in [0.1, 0.15) is 5.60 Å². The minimum absolute atomic E-state index is 0.205. The topological polar surface area (TPSA) is 59.4 Å². The number of aryl methyl sites for hydroxylation is 1. The molecule has 0 saturated heterocycles. The number of rotatable bonds is 2. The smallest absolute Gasteiger partial charge is 0.337 e. The lowest BCUT2D eigenvalue weighted by Crippen LogP contribution is -2.23. The van der Waals surface area contributed by atoms with E-state index >= 15 is 0 Å². The lowest BCUT2D eigenvalue weighted by atomic mass is 10.2. The lowest BCUT2D eigenvalue weighted by Gasteiger charge is -2.20. The molecule has 0 radical (unpaired) electrons. The zero-order chi connectivity index (χ0) is 11.6. The van der Waals surface area contributed by atoms with Crippen LogP contribution in [-0.2, 0) is 0 Å². The molecule has 0 unspecified atom stereocenters. The van der Waals surface area contributed by atoms with E-state index in [0.717, 1.165) is 0 Å². The molecule has 0 aliphatic heterocycles. The van der Waals surface area contributed by atoms with Gasteiger partial charge in [-0.25, -0.2) is 9.78 Å². The van der Waals surface area contributed by atoms with Crippen molar-refractivity contribution in [2.45, 2.75) is 33.3 Å². The van der Waals surface area contributed by atoms with E-state index < -0.39 is 5.97 Å². The molecular formula is C11H15NO3. The number of aromatic carboxylic acids is 1. The highest BCUT2D eigenvalue weighted by atomic mass is 16.5. The highest BCUT2D eigenvalue weighted by molar-refractivity contribution is 5.88. The van der Waals surface area contributed by atoms with Crippen molar-refractivity contribution in [2.24, 2.45) is 0 Å². The number of aromatic nitrogens is 1. The summed E-state index contributed by atoms with van der Waals surface area (Å²) in [6.45, 7) is 7.39. The van der Waals surface area contributed by atoms with E-state index in [9.17, 15) is 4.79 Å². The summed E-state index contributed by atoms with van der Waals surface area (Å²) in [5.74, 6) is -0.521. The molecule has 0 fully saturated rings.